The van der Waals surface area contributed by atoms with E-state index in [2.05, 4.69) is 15.3 Å². The molecule has 10 nitrogen and oxygen atoms in total. The number of hydrogen-bond donors (Lipinski definition) is 2. The van der Waals surface area contributed by atoms with Gasteiger partial charge in [0, 0.05) is 50.6 Å². The van der Waals surface area contributed by atoms with E-state index in [0.29, 0.717) is 18.8 Å². The molecule has 3 aromatic rings. The van der Waals surface area contributed by atoms with Crippen LogP contribution in [0.3, 0.4) is 0 Å². The zero-order valence-corrected chi connectivity index (χ0v) is 20.7. The van der Waals surface area contributed by atoms with E-state index in [1.807, 2.05) is 0 Å². The predicted octanol–water partition coefficient (Wildman–Crippen LogP) is 3.39. The Morgan fingerprint density at radius 2 is 1.82 bits per heavy atom. The van der Waals surface area contributed by atoms with Gasteiger partial charge in [-0.1, -0.05) is 0 Å². The topological polar surface area (TPSA) is 116 Å². The monoisotopic (exact) mass is 529 g/mol. The fourth-order valence-corrected chi connectivity index (χ4v) is 4.22. The van der Waals surface area contributed by atoms with Gasteiger partial charge in [-0.15, -0.1) is 0 Å². The Balaban J connectivity index is 1.44. The first kappa shape index (κ1) is 26.6. The lowest BCUT2D eigenvalue weighted by atomic mass is 10.0. The maximum absolute atomic E-state index is 14.6. The van der Waals surface area contributed by atoms with Crippen molar-refractivity contribution in [2.45, 2.75) is 19.4 Å². The number of aryl methyl sites for hydroxylation is 1. The molecule has 2 aromatic heterocycles. The number of urea groups is 1. The van der Waals surface area contributed by atoms with Gasteiger partial charge in [0.1, 0.15) is 11.6 Å². The molecule has 2 N–H and O–H groups in total. The number of nitrogens with one attached hydrogen (secondary N) is 2. The Morgan fingerprint density at radius 3 is 2.45 bits per heavy atom. The third-order valence-corrected chi connectivity index (χ3v) is 6.16. The summed E-state index contributed by atoms with van der Waals surface area (Å²) in [6.45, 7) is 2.97. The van der Waals surface area contributed by atoms with Gasteiger partial charge in [0.25, 0.3) is 0 Å². The lowest BCUT2D eigenvalue weighted by Gasteiger charge is -2.35. The average molecular weight is 530 g/mol. The largest absolute Gasteiger partial charge is 0.465 e. The number of esters is 1. The molecule has 13 heteroatoms. The van der Waals surface area contributed by atoms with Crippen molar-refractivity contribution in [3.63, 3.8) is 0 Å². The smallest absolute Gasteiger partial charge is 0.339 e. The SMILES string of the molecule is COC(=O)c1cc(C)n(-c2nc(N3CCN(C(=O)N[C@@H](CC=N)c4cc(F)cc(F)c4)CC3)ncc2F)c1. The van der Waals surface area contributed by atoms with Crippen LogP contribution in [-0.4, -0.2) is 70.9 Å². The van der Waals surface area contributed by atoms with E-state index in [-0.39, 0.29) is 42.4 Å². The van der Waals surface area contributed by atoms with Crippen LogP contribution in [0.2, 0.25) is 0 Å². The number of piperazine rings is 1. The van der Waals surface area contributed by atoms with E-state index in [1.165, 1.54) is 22.8 Å². The van der Waals surface area contributed by atoms with Crippen LogP contribution in [0.1, 0.15) is 34.1 Å². The second kappa shape index (κ2) is 11.3. The summed E-state index contributed by atoms with van der Waals surface area (Å²) in [6.07, 6.45) is 3.62. The molecular weight excluding hydrogens is 503 g/mol. The fourth-order valence-electron chi connectivity index (χ4n) is 4.22. The number of anilines is 1. The lowest BCUT2D eigenvalue weighted by Crippen LogP contribution is -2.52. The summed E-state index contributed by atoms with van der Waals surface area (Å²) in [7, 11) is 1.26. The van der Waals surface area contributed by atoms with Crippen molar-refractivity contribution in [1.29, 1.82) is 5.41 Å². The predicted molar refractivity (Wildman–Crippen MR) is 132 cm³/mol. The summed E-state index contributed by atoms with van der Waals surface area (Å²) in [6, 6.07) is 3.34. The van der Waals surface area contributed by atoms with Crippen molar-refractivity contribution in [2.24, 2.45) is 0 Å². The molecule has 0 radical (unpaired) electrons. The Labute approximate surface area is 216 Å². The van der Waals surface area contributed by atoms with E-state index < -0.39 is 35.5 Å². The molecular formula is C25H26F3N7O3. The van der Waals surface area contributed by atoms with Crippen molar-refractivity contribution in [2.75, 3.05) is 38.2 Å². The summed E-state index contributed by atoms with van der Waals surface area (Å²) < 4.78 is 48.2. The first-order chi connectivity index (χ1) is 18.2. The maximum atomic E-state index is 14.6. The van der Waals surface area contributed by atoms with Crippen LogP contribution in [0.4, 0.5) is 23.9 Å². The summed E-state index contributed by atoms with van der Waals surface area (Å²) in [5, 5.41) is 10.1. The number of rotatable bonds is 7. The third-order valence-electron chi connectivity index (χ3n) is 6.16. The zero-order valence-electron chi connectivity index (χ0n) is 20.7. The van der Waals surface area contributed by atoms with Crippen LogP contribution < -0.4 is 10.2 Å². The van der Waals surface area contributed by atoms with E-state index in [4.69, 9.17) is 10.1 Å². The van der Waals surface area contributed by atoms with E-state index in [9.17, 15) is 22.8 Å². The first-order valence-corrected chi connectivity index (χ1v) is 11.8. The highest BCUT2D eigenvalue weighted by molar-refractivity contribution is 5.89. The van der Waals surface area contributed by atoms with Crippen molar-refractivity contribution in [3.05, 3.63) is 70.9 Å². The van der Waals surface area contributed by atoms with Gasteiger partial charge in [-0.2, -0.15) is 4.98 Å². The molecule has 0 spiro atoms. The minimum atomic E-state index is -0.772. The highest BCUT2D eigenvalue weighted by atomic mass is 19.1. The summed E-state index contributed by atoms with van der Waals surface area (Å²) in [4.78, 5) is 36.5. The van der Waals surface area contributed by atoms with Gasteiger partial charge in [0.15, 0.2) is 11.6 Å². The second-order valence-corrected chi connectivity index (χ2v) is 8.69. The van der Waals surface area contributed by atoms with Crippen molar-refractivity contribution >= 4 is 24.2 Å². The number of benzene rings is 1. The molecule has 1 fully saturated rings. The molecule has 0 aliphatic carbocycles. The van der Waals surface area contributed by atoms with E-state index in [1.54, 1.807) is 17.9 Å². The van der Waals surface area contributed by atoms with Crippen LogP contribution in [0.25, 0.3) is 5.82 Å². The number of amides is 2. The van der Waals surface area contributed by atoms with Gasteiger partial charge in [0.2, 0.25) is 5.95 Å². The molecule has 3 heterocycles. The quantitative estimate of drug-likeness (QED) is 0.358. The van der Waals surface area contributed by atoms with Crippen LogP contribution >= 0.6 is 0 Å². The number of hydrogen-bond acceptors (Lipinski definition) is 7. The highest BCUT2D eigenvalue weighted by Gasteiger charge is 2.26. The number of aromatic nitrogens is 3. The van der Waals surface area contributed by atoms with Crippen LogP contribution in [-0.2, 0) is 4.74 Å². The molecule has 1 aliphatic rings. The number of ether oxygens (including phenoxy) is 1. The molecule has 0 bridgehead atoms. The van der Waals surface area contributed by atoms with Crippen molar-refractivity contribution in [3.8, 4) is 5.82 Å². The molecule has 0 unspecified atom stereocenters. The normalized spacial score (nSPS) is 14.2. The highest BCUT2D eigenvalue weighted by Crippen LogP contribution is 2.22. The van der Waals surface area contributed by atoms with Crippen molar-refractivity contribution < 1.29 is 27.5 Å². The lowest BCUT2D eigenvalue weighted by molar-refractivity contribution is 0.0600. The number of nitrogens with zero attached hydrogens (tertiary/aromatic N) is 5. The Kier molecular flexibility index (Phi) is 7.93. The zero-order chi connectivity index (χ0) is 27.4. The van der Waals surface area contributed by atoms with Crippen LogP contribution in [0, 0.1) is 29.8 Å². The standard InChI is InChI=1S/C25H26F3N7O3/c1-15-9-17(23(36)38-2)14-35(15)22-20(28)13-30-24(32-22)33-5-7-34(8-6-33)25(37)31-21(3-4-29)16-10-18(26)12-19(27)11-16/h4,9-14,21,29H,3,5-8H2,1-2H3,(H,31,37)/t21-/m0/s1. The van der Waals surface area contributed by atoms with E-state index in [0.717, 1.165) is 30.6 Å². The maximum Gasteiger partial charge on any atom is 0.339 e. The molecule has 1 atom stereocenters. The Bertz CT molecular complexity index is 1340. The second-order valence-electron chi connectivity index (χ2n) is 8.69. The van der Waals surface area contributed by atoms with Gasteiger partial charge in [-0.3, -0.25) is 0 Å². The summed E-state index contributed by atoms with van der Waals surface area (Å²) in [5.74, 6) is -2.54. The molecule has 1 aliphatic heterocycles. The average Bonchev–Trinajstić information content (AvgIpc) is 3.29. The molecule has 200 valence electrons. The number of halogens is 3. The Morgan fingerprint density at radius 1 is 1.13 bits per heavy atom. The van der Waals surface area contributed by atoms with Gasteiger partial charge < -0.3 is 29.8 Å². The number of carbonyl (C=O) groups excluding carboxylic acids is 2. The van der Waals surface area contributed by atoms with Crippen LogP contribution in [0.5, 0.6) is 0 Å². The molecule has 38 heavy (non-hydrogen) atoms. The number of carbonyl (C=O) groups is 2. The Hall–Kier alpha value is -4.42. The fraction of sp³-hybridized carbons (Fsp3) is 0.320. The molecule has 4 rings (SSSR count). The minimum Gasteiger partial charge on any atom is -0.465 e. The first-order valence-electron chi connectivity index (χ1n) is 11.8. The number of methoxy groups -OCH3 is 1. The van der Waals surface area contributed by atoms with Gasteiger partial charge in [-0.05, 0) is 36.9 Å². The molecule has 2 amide bonds. The van der Waals surface area contributed by atoms with Crippen molar-refractivity contribution in [1.82, 2.24) is 24.8 Å². The molecule has 1 saturated heterocycles. The van der Waals surface area contributed by atoms with Gasteiger partial charge in [-0.25, -0.2) is 27.7 Å². The summed E-state index contributed by atoms with van der Waals surface area (Å²) >= 11 is 0. The molecule has 1 aromatic carbocycles. The van der Waals surface area contributed by atoms with E-state index >= 15 is 0 Å². The summed E-state index contributed by atoms with van der Waals surface area (Å²) in [5.41, 5.74) is 1.06. The van der Waals surface area contributed by atoms with Gasteiger partial charge in [0.05, 0.1) is 24.9 Å². The minimum absolute atomic E-state index is 0.0281. The third kappa shape index (κ3) is 5.76. The van der Waals surface area contributed by atoms with Gasteiger partial charge >= 0.3 is 12.0 Å². The molecule has 0 saturated carbocycles. The van der Waals surface area contributed by atoms with Crippen LogP contribution in [0.15, 0.2) is 36.7 Å².